The van der Waals surface area contributed by atoms with E-state index in [4.69, 9.17) is 10.2 Å². The van der Waals surface area contributed by atoms with Crippen LogP contribution in [-0.4, -0.2) is 34.4 Å². The third-order valence-corrected chi connectivity index (χ3v) is 2.23. The van der Waals surface area contributed by atoms with Crippen LogP contribution in [0.4, 0.5) is 0 Å². The average molecular weight is 221 g/mol. The highest BCUT2D eigenvalue weighted by Gasteiger charge is 2.10. The Labute approximate surface area is 94.4 Å². The maximum absolute atomic E-state index is 10.5. The second-order valence-electron chi connectivity index (χ2n) is 3.43. The number of carbonyl (C=O) groups is 1. The van der Waals surface area contributed by atoms with Gasteiger partial charge in [-0.1, -0.05) is 36.9 Å². The van der Waals surface area contributed by atoms with Gasteiger partial charge in [0.1, 0.15) is 0 Å². The second-order valence-corrected chi connectivity index (χ2v) is 3.43. The fourth-order valence-electron chi connectivity index (χ4n) is 1.47. The highest BCUT2D eigenvalue weighted by Crippen LogP contribution is 2.12. The first-order chi connectivity index (χ1) is 7.67. The fourth-order valence-corrected chi connectivity index (χ4v) is 1.47. The lowest BCUT2D eigenvalue weighted by Gasteiger charge is -2.18. The molecular formula is C12H15NO3. The Morgan fingerprint density at radius 2 is 2.12 bits per heavy atom. The predicted octanol–water partition coefficient (Wildman–Crippen LogP) is 1.17. The van der Waals surface area contributed by atoms with E-state index in [9.17, 15) is 4.79 Å². The lowest BCUT2D eigenvalue weighted by atomic mass is 10.1. The Morgan fingerprint density at radius 1 is 1.44 bits per heavy atom. The number of benzene rings is 1. The highest BCUT2D eigenvalue weighted by atomic mass is 16.4. The second kappa shape index (κ2) is 6.05. The minimum absolute atomic E-state index is 0.179. The quantitative estimate of drug-likeness (QED) is 0.708. The molecule has 0 aliphatic heterocycles. The number of nitrogens with zero attached hydrogens (tertiary/aromatic N) is 1. The molecule has 4 heteroatoms. The Balaban J connectivity index is 2.76. The van der Waals surface area contributed by atoms with Crippen molar-refractivity contribution in [2.75, 3.05) is 13.3 Å². The summed E-state index contributed by atoms with van der Waals surface area (Å²) >= 11 is 0. The van der Waals surface area contributed by atoms with Crippen LogP contribution >= 0.6 is 0 Å². The Kier molecular flexibility index (Phi) is 4.69. The van der Waals surface area contributed by atoms with Crippen molar-refractivity contribution in [1.82, 2.24) is 4.90 Å². The van der Waals surface area contributed by atoms with Gasteiger partial charge in [0, 0.05) is 6.54 Å². The van der Waals surface area contributed by atoms with Gasteiger partial charge in [0.2, 0.25) is 0 Å². The van der Waals surface area contributed by atoms with Gasteiger partial charge in [-0.05, 0) is 11.1 Å². The Morgan fingerprint density at radius 3 is 2.69 bits per heavy atom. The first-order valence-corrected chi connectivity index (χ1v) is 4.92. The van der Waals surface area contributed by atoms with Crippen LogP contribution in [0.2, 0.25) is 0 Å². The maximum Gasteiger partial charge on any atom is 0.317 e. The maximum atomic E-state index is 10.5. The third-order valence-electron chi connectivity index (χ3n) is 2.23. The number of aliphatic carboxylic acids is 1. The van der Waals surface area contributed by atoms with Gasteiger partial charge in [0.25, 0.3) is 0 Å². The standard InChI is InChI=1S/C12H15NO3/c1-2-10-5-3-4-6-11(10)7-13(9-14)8-12(15)16/h2-6,14H,1,7-9H2,(H,15,16). The summed E-state index contributed by atoms with van der Waals surface area (Å²) in [6.07, 6.45) is 1.71. The van der Waals surface area contributed by atoms with Gasteiger partial charge in [0.05, 0.1) is 13.3 Å². The minimum atomic E-state index is -0.954. The van der Waals surface area contributed by atoms with Crippen molar-refractivity contribution in [3.8, 4) is 0 Å². The van der Waals surface area contributed by atoms with Crippen LogP contribution in [0.3, 0.4) is 0 Å². The number of carboxylic acid groups (broad SMARTS) is 1. The molecule has 16 heavy (non-hydrogen) atoms. The SMILES string of the molecule is C=Cc1ccccc1CN(CO)CC(=O)O. The van der Waals surface area contributed by atoms with Crippen molar-refractivity contribution in [2.24, 2.45) is 0 Å². The van der Waals surface area contributed by atoms with Crippen LogP contribution in [0.1, 0.15) is 11.1 Å². The van der Waals surface area contributed by atoms with Crippen molar-refractivity contribution in [2.45, 2.75) is 6.54 Å². The molecule has 0 aromatic heterocycles. The smallest absolute Gasteiger partial charge is 0.317 e. The van der Waals surface area contributed by atoms with Gasteiger partial charge in [-0.25, -0.2) is 0 Å². The lowest BCUT2D eigenvalue weighted by Crippen LogP contribution is -2.30. The monoisotopic (exact) mass is 221 g/mol. The third kappa shape index (κ3) is 3.49. The van der Waals surface area contributed by atoms with Gasteiger partial charge >= 0.3 is 5.97 Å². The first-order valence-electron chi connectivity index (χ1n) is 4.92. The number of rotatable bonds is 6. The molecular weight excluding hydrogens is 206 g/mol. The molecule has 0 bridgehead atoms. The molecule has 0 radical (unpaired) electrons. The minimum Gasteiger partial charge on any atom is -0.480 e. The summed E-state index contributed by atoms with van der Waals surface area (Å²) in [5.74, 6) is -0.954. The summed E-state index contributed by atoms with van der Waals surface area (Å²) in [6, 6.07) is 7.56. The fraction of sp³-hybridized carbons (Fsp3) is 0.250. The van der Waals surface area contributed by atoms with E-state index in [1.165, 1.54) is 4.90 Å². The molecule has 0 spiro atoms. The largest absolute Gasteiger partial charge is 0.480 e. The number of aliphatic hydroxyl groups excluding tert-OH is 1. The van der Waals surface area contributed by atoms with Crippen LogP contribution in [0.5, 0.6) is 0 Å². The van der Waals surface area contributed by atoms with Crippen LogP contribution in [-0.2, 0) is 11.3 Å². The van der Waals surface area contributed by atoms with E-state index in [0.717, 1.165) is 11.1 Å². The van der Waals surface area contributed by atoms with Gasteiger partial charge < -0.3 is 10.2 Å². The van der Waals surface area contributed by atoms with Crippen molar-refractivity contribution in [1.29, 1.82) is 0 Å². The van der Waals surface area contributed by atoms with Crippen molar-refractivity contribution in [3.05, 3.63) is 42.0 Å². The molecule has 4 nitrogen and oxygen atoms in total. The molecule has 2 N–H and O–H groups in total. The number of hydrogen-bond acceptors (Lipinski definition) is 3. The summed E-state index contributed by atoms with van der Waals surface area (Å²) < 4.78 is 0. The van der Waals surface area contributed by atoms with E-state index >= 15 is 0 Å². The summed E-state index contributed by atoms with van der Waals surface area (Å²) in [6.45, 7) is 3.62. The van der Waals surface area contributed by atoms with Crippen LogP contribution in [0.15, 0.2) is 30.8 Å². The molecule has 0 aliphatic rings. The van der Waals surface area contributed by atoms with E-state index in [0.29, 0.717) is 6.54 Å². The lowest BCUT2D eigenvalue weighted by molar-refractivity contribution is -0.139. The highest BCUT2D eigenvalue weighted by molar-refractivity contribution is 5.69. The van der Waals surface area contributed by atoms with Gasteiger partial charge in [-0.2, -0.15) is 0 Å². The zero-order valence-electron chi connectivity index (χ0n) is 8.97. The Bertz CT molecular complexity index is 376. The summed E-state index contributed by atoms with van der Waals surface area (Å²) in [7, 11) is 0. The molecule has 1 aromatic carbocycles. The van der Waals surface area contributed by atoms with Crippen molar-refractivity contribution in [3.63, 3.8) is 0 Å². The summed E-state index contributed by atoms with van der Waals surface area (Å²) in [5, 5.41) is 17.7. The van der Waals surface area contributed by atoms with Gasteiger partial charge in [-0.15, -0.1) is 0 Å². The molecule has 0 amide bonds. The molecule has 0 aliphatic carbocycles. The molecule has 1 aromatic rings. The van der Waals surface area contributed by atoms with E-state index in [-0.39, 0.29) is 13.3 Å². The zero-order chi connectivity index (χ0) is 12.0. The average Bonchev–Trinajstić information content (AvgIpc) is 2.28. The van der Waals surface area contributed by atoms with Crippen LogP contribution < -0.4 is 0 Å². The molecule has 1 rings (SSSR count). The molecule has 0 saturated carbocycles. The van der Waals surface area contributed by atoms with Gasteiger partial charge in [-0.3, -0.25) is 9.69 Å². The summed E-state index contributed by atoms with van der Waals surface area (Å²) in [5.41, 5.74) is 1.90. The molecule has 0 fully saturated rings. The molecule has 0 unspecified atom stereocenters. The van der Waals surface area contributed by atoms with Crippen LogP contribution in [0, 0.1) is 0 Å². The molecule has 86 valence electrons. The summed E-state index contributed by atoms with van der Waals surface area (Å²) in [4.78, 5) is 12.0. The predicted molar refractivity (Wildman–Crippen MR) is 61.7 cm³/mol. The van der Waals surface area contributed by atoms with Crippen molar-refractivity contribution < 1.29 is 15.0 Å². The molecule has 0 heterocycles. The van der Waals surface area contributed by atoms with Crippen molar-refractivity contribution >= 4 is 12.0 Å². The number of carboxylic acids is 1. The topological polar surface area (TPSA) is 60.8 Å². The van der Waals surface area contributed by atoms with E-state index < -0.39 is 5.97 Å². The van der Waals surface area contributed by atoms with E-state index in [1.807, 2.05) is 24.3 Å². The molecule has 0 atom stereocenters. The number of aliphatic hydroxyl groups is 1. The first kappa shape index (κ1) is 12.4. The normalized spacial score (nSPS) is 10.4. The zero-order valence-corrected chi connectivity index (χ0v) is 8.97. The van der Waals surface area contributed by atoms with E-state index in [1.54, 1.807) is 6.08 Å². The van der Waals surface area contributed by atoms with Gasteiger partial charge in [0.15, 0.2) is 0 Å². The van der Waals surface area contributed by atoms with E-state index in [2.05, 4.69) is 6.58 Å². The molecule has 0 saturated heterocycles. The number of hydrogen-bond donors (Lipinski definition) is 2. The Hall–Kier alpha value is -1.65. The van der Waals surface area contributed by atoms with Crippen LogP contribution in [0.25, 0.3) is 6.08 Å².